The zero-order valence-corrected chi connectivity index (χ0v) is 18.8. The summed E-state index contributed by atoms with van der Waals surface area (Å²) in [7, 11) is -3.60. The lowest BCUT2D eigenvalue weighted by Gasteiger charge is -2.22. The maximum absolute atomic E-state index is 11.5. The number of aliphatic hydroxyl groups excluding tert-OH is 1. The second-order valence-electron chi connectivity index (χ2n) is 7.74. The molecule has 8 nitrogen and oxygen atoms in total. The fourth-order valence-electron chi connectivity index (χ4n) is 3.43. The molecule has 0 aliphatic heterocycles. The van der Waals surface area contributed by atoms with E-state index in [0.717, 1.165) is 17.4 Å². The molecule has 0 saturated heterocycles. The first-order valence-corrected chi connectivity index (χ1v) is 12.1. The van der Waals surface area contributed by atoms with Gasteiger partial charge in [0.05, 0.1) is 23.6 Å². The van der Waals surface area contributed by atoms with E-state index in [1.165, 1.54) is 30.3 Å². The first-order valence-electron chi connectivity index (χ1n) is 10.2. The van der Waals surface area contributed by atoms with Crippen LogP contribution < -0.4 is 10.0 Å². The minimum absolute atomic E-state index is 0.0147. The number of anilines is 1. The molecule has 0 bridgehead atoms. The molecule has 3 aromatic rings. The number of rotatable bonds is 10. The number of aromatic carboxylic acids is 1. The molecule has 0 radical (unpaired) electrons. The molecule has 3 rings (SSSR count). The average Bonchev–Trinajstić information content (AvgIpc) is 2.77. The molecule has 3 aromatic carbocycles. The smallest absolute Gasteiger partial charge is 0.335 e. The van der Waals surface area contributed by atoms with Gasteiger partial charge in [0.2, 0.25) is 10.0 Å². The summed E-state index contributed by atoms with van der Waals surface area (Å²) in [5.41, 5.74) is 2.52. The summed E-state index contributed by atoms with van der Waals surface area (Å²) < 4.78 is 25.2. The predicted molar refractivity (Wildman–Crippen MR) is 126 cm³/mol. The molecule has 9 heteroatoms. The highest BCUT2D eigenvalue weighted by molar-refractivity contribution is 7.92. The standard InChI is InChI=1S/C24H26N2O6S/c1-33(31,32)26-21-14-19(11-12-22(21)27)23(28)15-25-20(13-16-5-3-2-4-6-16)17-7-9-18(10-8-17)24(29)30/h2-12,14,20,23,25-28H,13,15H2,1H3,(H,29,30)/t20-,23-/m0/s1. The molecule has 0 aliphatic carbocycles. The molecule has 0 heterocycles. The van der Waals surface area contributed by atoms with E-state index >= 15 is 0 Å². The maximum atomic E-state index is 11.5. The van der Waals surface area contributed by atoms with Crippen LogP contribution in [0.25, 0.3) is 0 Å². The molecule has 33 heavy (non-hydrogen) atoms. The van der Waals surface area contributed by atoms with Crippen LogP contribution in [0.1, 0.15) is 39.2 Å². The van der Waals surface area contributed by atoms with Crippen molar-refractivity contribution in [2.75, 3.05) is 17.5 Å². The minimum atomic E-state index is -3.60. The third kappa shape index (κ3) is 7.04. The Hall–Kier alpha value is -3.40. The zero-order valence-electron chi connectivity index (χ0n) is 18.0. The number of carbonyl (C=O) groups is 1. The Kier molecular flexibility index (Phi) is 7.70. The van der Waals surface area contributed by atoms with Crippen molar-refractivity contribution < 1.29 is 28.5 Å². The third-order valence-electron chi connectivity index (χ3n) is 5.10. The van der Waals surface area contributed by atoms with Gasteiger partial charge >= 0.3 is 5.97 Å². The highest BCUT2D eigenvalue weighted by Gasteiger charge is 2.17. The molecule has 2 atom stereocenters. The molecule has 0 aliphatic rings. The quantitative estimate of drug-likeness (QED) is 0.287. The van der Waals surface area contributed by atoms with Gasteiger partial charge < -0.3 is 20.6 Å². The Morgan fingerprint density at radius 2 is 1.61 bits per heavy atom. The molecular weight excluding hydrogens is 444 g/mol. The normalized spacial score (nSPS) is 13.3. The summed E-state index contributed by atoms with van der Waals surface area (Å²) in [5, 5.41) is 33.1. The van der Waals surface area contributed by atoms with Crippen LogP contribution in [0, 0.1) is 0 Å². The van der Waals surface area contributed by atoms with Crippen LogP contribution in [0.5, 0.6) is 5.75 Å². The summed E-state index contributed by atoms with van der Waals surface area (Å²) >= 11 is 0. The molecule has 0 spiro atoms. The van der Waals surface area contributed by atoms with E-state index in [-0.39, 0.29) is 29.6 Å². The third-order valence-corrected chi connectivity index (χ3v) is 5.69. The fraction of sp³-hybridized carbons (Fsp3) is 0.208. The van der Waals surface area contributed by atoms with Crippen molar-refractivity contribution in [1.82, 2.24) is 5.32 Å². The number of phenolic OH excluding ortho intramolecular Hbond substituents is 1. The number of hydrogen-bond acceptors (Lipinski definition) is 6. The number of hydrogen-bond donors (Lipinski definition) is 5. The molecule has 0 unspecified atom stereocenters. The zero-order chi connectivity index (χ0) is 24.0. The van der Waals surface area contributed by atoms with E-state index in [2.05, 4.69) is 10.0 Å². The van der Waals surface area contributed by atoms with Crippen molar-refractivity contribution in [3.05, 3.63) is 95.1 Å². The largest absolute Gasteiger partial charge is 0.506 e. The molecule has 174 valence electrons. The van der Waals surface area contributed by atoms with Crippen LogP contribution in [-0.4, -0.2) is 42.5 Å². The Morgan fingerprint density at radius 1 is 0.970 bits per heavy atom. The molecule has 0 aromatic heterocycles. The summed E-state index contributed by atoms with van der Waals surface area (Å²) in [6, 6.07) is 20.3. The van der Waals surface area contributed by atoms with E-state index in [4.69, 9.17) is 5.11 Å². The number of aromatic hydroxyl groups is 1. The SMILES string of the molecule is CS(=O)(=O)Nc1cc([C@@H](O)CN[C@@H](Cc2ccccc2)c2ccc(C(=O)O)cc2)ccc1O. The summed E-state index contributed by atoms with van der Waals surface area (Å²) in [4.78, 5) is 11.2. The van der Waals surface area contributed by atoms with E-state index in [0.29, 0.717) is 12.0 Å². The van der Waals surface area contributed by atoms with Gasteiger partial charge in [-0.3, -0.25) is 4.72 Å². The second kappa shape index (κ2) is 10.5. The number of nitrogens with one attached hydrogen (secondary N) is 2. The topological polar surface area (TPSA) is 136 Å². The fourth-order valence-corrected chi connectivity index (χ4v) is 3.99. The monoisotopic (exact) mass is 470 g/mol. The second-order valence-corrected chi connectivity index (χ2v) is 9.49. The van der Waals surface area contributed by atoms with Crippen LogP contribution >= 0.6 is 0 Å². The van der Waals surface area contributed by atoms with Crippen molar-refractivity contribution in [3.63, 3.8) is 0 Å². The molecule has 0 fully saturated rings. The van der Waals surface area contributed by atoms with Crippen LogP contribution in [0.2, 0.25) is 0 Å². The van der Waals surface area contributed by atoms with Crippen LogP contribution in [0.3, 0.4) is 0 Å². The van der Waals surface area contributed by atoms with Crippen LogP contribution in [-0.2, 0) is 16.4 Å². The highest BCUT2D eigenvalue weighted by atomic mass is 32.2. The molecule has 0 saturated carbocycles. The van der Waals surface area contributed by atoms with Crippen molar-refractivity contribution in [1.29, 1.82) is 0 Å². The highest BCUT2D eigenvalue weighted by Crippen LogP contribution is 2.28. The van der Waals surface area contributed by atoms with Crippen molar-refractivity contribution in [3.8, 4) is 5.75 Å². The summed E-state index contributed by atoms with van der Waals surface area (Å²) in [6.45, 7) is 0.140. The predicted octanol–water partition coefficient (Wildman–Crippen LogP) is 3.07. The number of aliphatic hydroxyl groups is 1. The summed E-state index contributed by atoms with van der Waals surface area (Å²) in [5.74, 6) is -1.25. The summed E-state index contributed by atoms with van der Waals surface area (Å²) in [6.07, 6.45) is 0.597. The van der Waals surface area contributed by atoms with Gasteiger partial charge in [0.25, 0.3) is 0 Å². The number of phenols is 1. The first-order chi connectivity index (χ1) is 15.6. The number of benzene rings is 3. The Labute approximate surface area is 192 Å². The van der Waals surface area contributed by atoms with Crippen molar-refractivity contribution >= 4 is 21.7 Å². The van der Waals surface area contributed by atoms with Crippen LogP contribution in [0.4, 0.5) is 5.69 Å². The number of carboxylic acid groups (broad SMARTS) is 1. The van der Waals surface area contributed by atoms with Crippen molar-refractivity contribution in [2.45, 2.75) is 18.6 Å². The van der Waals surface area contributed by atoms with Crippen LogP contribution in [0.15, 0.2) is 72.8 Å². The van der Waals surface area contributed by atoms with Gasteiger partial charge in [0, 0.05) is 12.6 Å². The van der Waals surface area contributed by atoms with Crippen molar-refractivity contribution in [2.24, 2.45) is 0 Å². The average molecular weight is 471 g/mol. The van der Waals surface area contributed by atoms with E-state index in [1.807, 2.05) is 30.3 Å². The lowest BCUT2D eigenvalue weighted by atomic mass is 9.97. The van der Waals surface area contributed by atoms with Gasteiger partial charge in [-0.2, -0.15) is 0 Å². The molecular formula is C24H26N2O6S. The van der Waals surface area contributed by atoms with Gasteiger partial charge in [0.15, 0.2) is 0 Å². The minimum Gasteiger partial charge on any atom is -0.506 e. The first kappa shape index (κ1) is 24.2. The van der Waals surface area contributed by atoms with E-state index < -0.39 is 22.1 Å². The van der Waals surface area contributed by atoms with Gasteiger partial charge in [-0.15, -0.1) is 0 Å². The molecule has 5 N–H and O–H groups in total. The van der Waals surface area contributed by atoms with E-state index in [1.54, 1.807) is 12.1 Å². The van der Waals surface area contributed by atoms with Gasteiger partial charge in [-0.25, -0.2) is 13.2 Å². The van der Waals surface area contributed by atoms with Gasteiger partial charge in [0.1, 0.15) is 5.75 Å². The Morgan fingerprint density at radius 3 is 2.21 bits per heavy atom. The van der Waals surface area contributed by atoms with E-state index in [9.17, 15) is 23.4 Å². The maximum Gasteiger partial charge on any atom is 0.335 e. The van der Waals surface area contributed by atoms with Gasteiger partial charge in [-0.1, -0.05) is 48.5 Å². The van der Waals surface area contributed by atoms with Gasteiger partial charge in [-0.05, 0) is 47.4 Å². The number of sulfonamides is 1. The Bertz CT molecular complexity index is 1200. The number of carboxylic acids is 1. The Balaban J connectivity index is 1.78. The lowest BCUT2D eigenvalue weighted by molar-refractivity contribution is 0.0697. The lowest BCUT2D eigenvalue weighted by Crippen LogP contribution is -2.28. The molecule has 0 amide bonds.